The Kier molecular flexibility index (Phi) is 4.94. The van der Waals surface area contributed by atoms with Crippen LogP contribution in [0.5, 0.6) is 11.5 Å². The molecule has 0 fully saturated rings. The van der Waals surface area contributed by atoms with Crippen molar-refractivity contribution in [2.45, 2.75) is 13.0 Å². The fraction of sp³-hybridized carbons (Fsp3) is 0.150. The summed E-state index contributed by atoms with van der Waals surface area (Å²) >= 11 is 0. The number of methoxy groups -OCH3 is 1. The first kappa shape index (κ1) is 18.2. The molecule has 3 aromatic carbocycles. The third kappa shape index (κ3) is 3.82. The topological polar surface area (TPSA) is 102 Å². The fourth-order valence-electron chi connectivity index (χ4n) is 2.82. The van der Waals surface area contributed by atoms with Crippen LogP contribution >= 0.6 is 0 Å². The van der Waals surface area contributed by atoms with Crippen molar-refractivity contribution in [1.82, 2.24) is 5.32 Å². The van der Waals surface area contributed by atoms with E-state index in [1.54, 1.807) is 50.4 Å². The smallest absolute Gasteiger partial charge is 0.269 e. The van der Waals surface area contributed by atoms with Crippen molar-refractivity contribution in [1.29, 1.82) is 0 Å². The van der Waals surface area contributed by atoms with Gasteiger partial charge in [-0.1, -0.05) is 18.2 Å². The molecule has 0 saturated heterocycles. The summed E-state index contributed by atoms with van der Waals surface area (Å²) in [4.78, 5) is 22.9. The highest BCUT2D eigenvalue weighted by atomic mass is 16.6. The van der Waals surface area contributed by atoms with Crippen LogP contribution in [0.25, 0.3) is 10.8 Å². The van der Waals surface area contributed by atoms with E-state index in [1.165, 1.54) is 18.2 Å². The van der Waals surface area contributed by atoms with Gasteiger partial charge in [0.2, 0.25) is 0 Å². The van der Waals surface area contributed by atoms with Crippen LogP contribution in [0.4, 0.5) is 5.69 Å². The first-order chi connectivity index (χ1) is 12.9. The van der Waals surface area contributed by atoms with Gasteiger partial charge in [0.1, 0.15) is 11.5 Å². The fourth-order valence-corrected chi connectivity index (χ4v) is 2.82. The Morgan fingerprint density at radius 1 is 1.11 bits per heavy atom. The van der Waals surface area contributed by atoms with Gasteiger partial charge < -0.3 is 15.2 Å². The second-order valence-electron chi connectivity index (χ2n) is 6.13. The molecular weight excluding hydrogens is 348 g/mol. The number of benzene rings is 3. The maximum Gasteiger partial charge on any atom is 0.269 e. The molecular formula is C20H18N2O5. The van der Waals surface area contributed by atoms with E-state index in [0.29, 0.717) is 5.75 Å². The highest BCUT2D eigenvalue weighted by Crippen LogP contribution is 2.28. The zero-order chi connectivity index (χ0) is 19.6. The second kappa shape index (κ2) is 7.33. The number of phenolic OH excluding ortho intramolecular Hbond substituents is 1. The first-order valence-corrected chi connectivity index (χ1v) is 8.25. The van der Waals surface area contributed by atoms with Crippen molar-refractivity contribution in [3.05, 3.63) is 75.8 Å². The molecule has 138 valence electrons. The summed E-state index contributed by atoms with van der Waals surface area (Å²) in [7, 11) is 1.56. The van der Waals surface area contributed by atoms with Gasteiger partial charge in [0.05, 0.1) is 23.6 Å². The number of aromatic hydroxyl groups is 1. The minimum Gasteiger partial charge on any atom is -0.507 e. The summed E-state index contributed by atoms with van der Waals surface area (Å²) in [6.07, 6.45) is 0. The molecule has 3 aromatic rings. The minimum absolute atomic E-state index is 0.0154. The Balaban J connectivity index is 1.84. The number of fused-ring (bicyclic) bond motifs is 1. The number of nitro groups is 1. The Morgan fingerprint density at radius 2 is 1.81 bits per heavy atom. The van der Waals surface area contributed by atoms with Gasteiger partial charge in [-0.05, 0) is 47.5 Å². The van der Waals surface area contributed by atoms with Crippen LogP contribution in [0.2, 0.25) is 0 Å². The Labute approximate surface area is 155 Å². The van der Waals surface area contributed by atoms with Crippen LogP contribution in [0, 0.1) is 10.1 Å². The maximum absolute atomic E-state index is 12.6. The van der Waals surface area contributed by atoms with Gasteiger partial charge in [-0.15, -0.1) is 0 Å². The number of nitro benzene ring substituents is 1. The molecule has 1 amide bonds. The molecule has 1 atom stereocenters. The summed E-state index contributed by atoms with van der Waals surface area (Å²) in [5, 5.41) is 25.3. The van der Waals surface area contributed by atoms with E-state index in [4.69, 9.17) is 4.74 Å². The molecule has 7 nitrogen and oxygen atoms in total. The number of hydrogen-bond donors (Lipinski definition) is 2. The lowest BCUT2D eigenvalue weighted by Crippen LogP contribution is -2.26. The van der Waals surface area contributed by atoms with Crippen LogP contribution in [-0.4, -0.2) is 23.0 Å². The van der Waals surface area contributed by atoms with Gasteiger partial charge in [0.15, 0.2) is 0 Å². The van der Waals surface area contributed by atoms with E-state index in [1.807, 2.05) is 0 Å². The molecule has 0 aliphatic rings. The van der Waals surface area contributed by atoms with Crippen LogP contribution in [0.1, 0.15) is 28.9 Å². The van der Waals surface area contributed by atoms with E-state index in [2.05, 4.69) is 5.32 Å². The van der Waals surface area contributed by atoms with E-state index in [-0.39, 0.29) is 17.0 Å². The number of carbonyl (C=O) groups is 1. The monoisotopic (exact) mass is 366 g/mol. The summed E-state index contributed by atoms with van der Waals surface area (Å²) in [6, 6.07) is 14.1. The second-order valence-corrected chi connectivity index (χ2v) is 6.13. The van der Waals surface area contributed by atoms with Crippen molar-refractivity contribution in [3.63, 3.8) is 0 Å². The molecule has 27 heavy (non-hydrogen) atoms. The van der Waals surface area contributed by atoms with Gasteiger partial charge in [-0.3, -0.25) is 14.9 Å². The Hall–Kier alpha value is -3.61. The number of ether oxygens (including phenoxy) is 1. The summed E-state index contributed by atoms with van der Waals surface area (Å²) in [5.74, 6) is 0.0861. The van der Waals surface area contributed by atoms with Crippen LogP contribution in [0.15, 0.2) is 54.6 Å². The van der Waals surface area contributed by atoms with Crippen LogP contribution in [0.3, 0.4) is 0 Å². The Bertz CT molecular complexity index is 1010. The number of amides is 1. The van der Waals surface area contributed by atoms with Crippen molar-refractivity contribution >= 4 is 22.4 Å². The molecule has 0 heterocycles. The number of nitrogens with one attached hydrogen (secondary N) is 1. The predicted octanol–water partition coefficient (Wildman–Crippen LogP) is 3.95. The van der Waals surface area contributed by atoms with Crippen molar-refractivity contribution in [2.24, 2.45) is 0 Å². The molecule has 3 rings (SSSR count). The summed E-state index contributed by atoms with van der Waals surface area (Å²) in [5.41, 5.74) is 0.846. The standard InChI is InChI=1S/C20H18N2O5/c1-12(13-3-6-16(7-4-13)22(25)26)21-20(24)18-10-15-9-17(27-2)8-5-14(15)11-19(18)23/h3-12,23H,1-2H3,(H,21,24)/t12-/m1/s1. The maximum atomic E-state index is 12.6. The van der Waals surface area contributed by atoms with Gasteiger partial charge in [-0.2, -0.15) is 0 Å². The van der Waals surface area contributed by atoms with Crippen LogP contribution < -0.4 is 10.1 Å². The highest BCUT2D eigenvalue weighted by Gasteiger charge is 2.17. The average molecular weight is 366 g/mol. The van der Waals surface area contributed by atoms with Gasteiger partial charge >= 0.3 is 0 Å². The van der Waals surface area contributed by atoms with E-state index in [0.717, 1.165) is 16.3 Å². The summed E-state index contributed by atoms with van der Waals surface area (Å²) in [6.45, 7) is 1.76. The molecule has 0 unspecified atom stereocenters. The third-order valence-electron chi connectivity index (χ3n) is 4.36. The molecule has 0 aliphatic heterocycles. The molecule has 2 N–H and O–H groups in total. The zero-order valence-corrected chi connectivity index (χ0v) is 14.8. The first-order valence-electron chi connectivity index (χ1n) is 8.25. The largest absolute Gasteiger partial charge is 0.507 e. The van der Waals surface area contributed by atoms with Gasteiger partial charge in [0.25, 0.3) is 11.6 Å². The molecule has 0 radical (unpaired) electrons. The predicted molar refractivity (Wildman–Crippen MR) is 101 cm³/mol. The lowest BCUT2D eigenvalue weighted by molar-refractivity contribution is -0.384. The summed E-state index contributed by atoms with van der Waals surface area (Å²) < 4.78 is 5.19. The lowest BCUT2D eigenvalue weighted by atomic mass is 10.0. The number of rotatable bonds is 5. The van der Waals surface area contributed by atoms with Crippen molar-refractivity contribution in [2.75, 3.05) is 7.11 Å². The van der Waals surface area contributed by atoms with Gasteiger partial charge in [-0.25, -0.2) is 0 Å². The number of hydrogen-bond acceptors (Lipinski definition) is 5. The van der Waals surface area contributed by atoms with E-state index < -0.39 is 16.9 Å². The molecule has 0 aromatic heterocycles. The molecule has 0 spiro atoms. The highest BCUT2D eigenvalue weighted by molar-refractivity contribution is 6.01. The molecule has 7 heteroatoms. The number of carbonyl (C=O) groups excluding carboxylic acids is 1. The van der Waals surface area contributed by atoms with Crippen molar-refractivity contribution in [3.8, 4) is 11.5 Å². The Morgan fingerprint density at radius 3 is 2.44 bits per heavy atom. The molecule has 0 bridgehead atoms. The number of non-ortho nitro benzene ring substituents is 1. The molecule has 0 aliphatic carbocycles. The zero-order valence-electron chi connectivity index (χ0n) is 14.8. The average Bonchev–Trinajstić information content (AvgIpc) is 2.67. The van der Waals surface area contributed by atoms with Crippen LogP contribution in [-0.2, 0) is 0 Å². The lowest BCUT2D eigenvalue weighted by Gasteiger charge is -2.15. The number of phenols is 1. The van der Waals surface area contributed by atoms with Crippen molar-refractivity contribution < 1.29 is 19.6 Å². The molecule has 0 saturated carbocycles. The normalized spacial score (nSPS) is 11.8. The quantitative estimate of drug-likeness (QED) is 0.526. The number of nitrogens with zero attached hydrogens (tertiary/aromatic N) is 1. The SMILES string of the molecule is COc1ccc2cc(O)c(C(=O)N[C@H](C)c3ccc([N+](=O)[O-])cc3)cc2c1. The van der Waals surface area contributed by atoms with E-state index in [9.17, 15) is 20.0 Å². The van der Waals surface area contributed by atoms with Gasteiger partial charge in [0, 0.05) is 12.1 Å². The minimum atomic E-state index is -0.478. The van der Waals surface area contributed by atoms with E-state index >= 15 is 0 Å². The third-order valence-corrected chi connectivity index (χ3v) is 4.36.